The minimum atomic E-state index is 1.08. The zero-order chi connectivity index (χ0) is 6.15. The summed E-state index contributed by atoms with van der Waals surface area (Å²) in [5.41, 5.74) is 1.15. The molecule has 48 valence electrons. The van der Waals surface area contributed by atoms with Crippen LogP contribution in [-0.4, -0.2) is 10.2 Å². The van der Waals surface area contributed by atoms with E-state index in [4.69, 9.17) is 0 Å². The summed E-state index contributed by atoms with van der Waals surface area (Å²) >= 11 is 0. The van der Waals surface area contributed by atoms with E-state index < -0.39 is 0 Å². The summed E-state index contributed by atoms with van der Waals surface area (Å²) in [7, 11) is 1.43. The zero-order valence-electron chi connectivity index (χ0n) is 6.15. The van der Waals surface area contributed by atoms with Gasteiger partial charge in [-0.2, -0.15) is 0 Å². The Morgan fingerprint density at radius 1 is 1.62 bits per heavy atom. The van der Waals surface area contributed by atoms with E-state index in [1.165, 1.54) is 23.1 Å². The Morgan fingerprint density at radius 2 is 2.25 bits per heavy atom. The van der Waals surface area contributed by atoms with Gasteiger partial charge in [0.1, 0.15) is 0 Å². The molecule has 1 saturated carbocycles. The second kappa shape index (κ2) is 2.22. The van der Waals surface area contributed by atoms with Gasteiger partial charge in [0, 0.05) is 10.2 Å². The van der Waals surface area contributed by atoms with Gasteiger partial charge in [-0.05, 0) is 23.8 Å². The molecule has 1 aliphatic rings. The molecule has 3 unspecified atom stereocenters. The van der Waals surface area contributed by atoms with Crippen LogP contribution < -0.4 is 0 Å². The van der Waals surface area contributed by atoms with E-state index in [-0.39, 0.29) is 0 Å². The van der Waals surface area contributed by atoms with Crippen LogP contribution in [0.5, 0.6) is 0 Å². The van der Waals surface area contributed by atoms with Crippen LogP contribution in [0, 0.1) is 11.8 Å². The number of hydrogen-bond acceptors (Lipinski definition) is 0. The third-order valence-electron chi connectivity index (χ3n) is 2.84. The van der Waals surface area contributed by atoms with Crippen molar-refractivity contribution >= 4 is 10.2 Å². The molecule has 0 spiro atoms. The van der Waals surface area contributed by atoms with Crippen LogP contribution in [0.25, 0.3) is 0 Å². The highest BCUT2D eigenvalue weighted by Gasteiger charge is 2.32. The maximum atomic E-state index is 2.39. The quantitative estimate of drug-likeness (QED) is 0.466. The van der Waals surface area contributed by atoms with Crippen LogP contribution in [-0.2, 0) is 0 Å². The third-order valence-corrected chi connectivity index (χ3v) is 4.92. The van der Waals surface area contributed by atoms with Crippen molar-refractivity contribution in [3.8, 4) is 0 Å². The van der Waals surface area contributed by atoms with Gasteiger partial charge < -0.3 is 0 Å². The first-order valence-electron chi connectivity index (χ1n) is 3.75. The molecule has 0 heterocycles. The van der Waals surface area contributed by atoms with Crippen molar-refractivity contribution < 1.29 is 0 Å². The molecule has 0 radical (unpaired) electrons. The highest BCUT2D eigenvalue weighted by molar-refractivity contribution is 6.12. The van der Waals surface area contributed by atoms with Gasteiger partial charge in [0.05, 0.1) is 0 Å². The van der Waals surface area contributed by atoms with Gasteiger partial charge in [-0.1, -0.05) is 20.3 Å². The highest BCUT2D eigenvalue weighted by atomic mass is 28.1. The van der Waals surface area contributed by atoms with E-state index in [1.807, 2.05) is 0 Å². The molecule has 0 amide bonds. The molecule has 0 aromatic heterocycles. The summed E-state index contributed by atoms with van der Waals surface area (Å²) < 4.78 is 0. The maximum Gasteiger partial charge on any atom is 0.00742 e. The third kappa shape index (κ3) is 0.837. The van der Waals surface area contributed by atoms with E-state index in [0.717, 1.165) is 17.4 Å². The average molecular weight is 128 g/mol. The summed E-state index contributed by atoms with van der Waals surface area (Å²) in [6.07, 6.45) is 2.95. The molecule has 0 saturated heterocycles. The van der Waals surface area contributed by atoms with Crippen LogP contribution >= 0.6 is 0 Å². The van der Waals surface area contributed by atoms with Crippen LogP contribution in [0.15, 0.2) is 0 Å². The van der Waals surface area contributed by atoms with E-state index >= 15 is 0 Å². The SMILES string of the molecule is CCC1CC(C)C1[SiH3]. The largest absolute Gasteiger partial charge is 0.0651 e. The molecule has 1 aliphatic carbocycles. The number of hydrogen-bond donors (Lipinski definition) is 0. The van der Waals surface area contributed by atoms with Crippen LogP contribution in [0.4, 0.5) is 0 Å². The summed E-state index contributed by atoms with van der Waals surface area (Å²) in [6, 6.07) is 0. The second-order valence-electron chi connectivity index (χ2n) is 3.24. The van der Waals surface area contributed by atoms with Crippen molar-refractivity contribution in [1.82, 2.24) is 0 Å². The van der Waals surface area contributed by atoms with Crippen molar-refractivity contribution in [2.24, 2.45) is 11.8 Å². The summed E-state index contributed by atoms with van der Waals surface area (Å²) in [5, 5.41) is 0. The lowest BCUT2D eigenvalue weighted by atomic mass is 9.74. The molecular formula is C7H16Si. The first kappa shape index (κ1) is 6.34. The van der Waals surface area contributed by atoms with Gasteiger partial charge in [-0.25, -0.2) is 0 Å². The number of rotatable bonds is 1. The van der Waals surface area contributed by atoms with Gasteiger partial charge in [-0.3, -0.25) is 0 Å². The summed E-state index contributed by atoms with van der Waals surface area (Å²) in [4.78, 5) is 0. The molecule has 1 rings (SSSR count). The Labute approximate surface area is 55.1 Å². The predicted octanol–water partition coefficient (Wildman–Crippen LogP) is 1.21. The minimum absolute atomic E-state index is 1.08. The molecule has 1 fully saturated rings. The van der Waals surface area contributed by atoms with Gasteiger partial charge >= 0.3 is 0 Å². The molecule has 0 N–H and O–H groups in total. The van der Waals surface area contributed by atoms with Gasteiger partial charge in [-0.15, -0.1) is 0 Å². The first-order chi connectivity index (χ1) is 3.75. The smallest absolute Gasteiger partial charge is 0.00742 e. The molecule has 0 aliphatic heterocycles. The standard InChI is InChI=1S/C7H16Si/c1-3-6-4-5(2)7(6)8/h5-7H,3-4H2,1-2,8H3. The van der Waals surface area contributed by atoms with Gasteiger partial charge in [0.25, 0.3) is 0 Å². The van der Waals surface area contributed by atoms with Crippen molar-refractivity contribution in [1.29, 1.82) is 0 Å². The van der Waals surface area contributed by atoms with Crippen molar-refractivity contribution in [3.63, 3.8) is 0 Å². The van der Waals surface area contributed by atoms with E-state index in [2.05, 4.69) is 13.8 Å². The Hall–Kier alpha value is 0.217. The lowest BCUT2D eigenvalue weighted by Gasteiger charge is -2.40. The molecule has 0 nitrogen and oxygen atoms in total. The van der Waals surface area contributed by atoms with Crippen LogP contribution in [0.1, 0.15) is 26.7 Å². The lowest BCUT2D eigenvalue weighted by molar-refractivity contribution is 0.208. The molecule has 0 bridgehead atoms. The summed E-state index contributed by atoms with van der Waals surface area (Å²) in [6.45, 7) is 4.71. The monoisotopic (exact) mass is 128 g/mol. The highest BCUT2D eigenvalue weighted by Crippen LogP contribution is 2.44. The van der Waals surface area contributed by atoms with Crippen LogP contribution in [0.3, 0.4) is 0 Å². The summed E-state index contributed by atoms with van der Waals surface area (Å²) in [5.74, 6) is 2.20. The molecule has 0 aromatic carbocycles. The second-order valence-corrected chi connectivity index (χ2v) is 4.57. The molecule has 0 aromatic rings. The van der Waals surface area contributed by atoms with E-state index in [1.54, 1.807) is 0 Å². The fourth-order valence-corrected chi connectivity index (χ4v) is 2.73. The van der Waals surface area contributed by atoms with E-state index in [9.17, 15) is 0 Å². The van der Waals surface area contributed by atoms with Gasteiger partial charge in [0.2, 0.25) is 0 Å². The van der Waals surface area contributed by atoms with Gasteiger partial charge in [0.15, 0.2) is 0 Å². The van der Waals surface area contributed by atoms with Crippen molar-refractivity contribution in [3.05, 3.63) is 0 Å². The normalized spacial score (nSPS) is 46.5. The van der Waals surface area contributed by atoms with Crippen molar-refractivity contribution in [2.45, 2.75) is 32.2 Å². The fraction of sp³-hybridized carbons (Fsp3) is 1.00. The molecule has 3 atom stereocenters. The topological polar surface area (TPSA) is 0 Å². The Kier molecular flexibility index (Phi) is 1.76. The molecule has 1 heteroatoms. The van der Waals surface area contributed by atoms with Crippen LogP contribution in [0.2, 0.25) is 5.54 Å². The van der Waals surface area contributed by atoms with E-state index in [0.29, 0.717) is 0 Å². The first-order valence-corrected chi connectivity index (χ1v) is 4.91. The predicted molar refractivity (Wildman–Crippen MR) is 41.3 cm³/mol. The zero-order valence-corrected chi connectivity index (χ0v) is 8.15. The lowest BCUT2D eigenvalue weighted by Crippen LogP contribution is -2.29. The average Bonchev–Trinajstić information content (AvgIpc) is 1.81. The minimum Gasteiger partial charge on any atom is -0.0651 e. The molecular weight excluding hydrogens is 112 g/mol. The van der Waals surface area contributed by atoms with Crippen molar-refractivity contribution in [2.75, 3.05) is 0 Å². The Balaban J connectivity index is 2.25. The Bertz CT molecular complexity index is 80.5. The molecule has 8 heavy (non-hydrogen) atoms. The fourth-order valence-electron chi connectivity index (χ4n) is 1.71. The Morgan fingerprint density at radius 3 is 2.38 bits per heavy atom. The maximum absolute atomic E-state index is 2.39.